The average Bonchev–Trinajstić information content (AvgIpc) is 3.05. The third kappa shape index (κ3) is 2.74. The Hall–Kier alpha value is -2.37. The van der Waals surface area contributed by atoms with Gasteiger partial charge in [-0.1, -0.05) is 0 Å². The summed E-state index contributed by atoms with van der Waals surface area (Å²) in [6.45, 7) is 1.79. The first kappa shape index (κ1) is 13.6. The van der Waals surface area contributed by atoms with Gasteiger partial charge in [-0.15, -0.1) is 0 Å². The van der Waals surface area contributed by atoms with Gasteiger partial charge in [-0.05, 0) is 24.6 Å². The van der Waals surface area contributed by atoms with Gasteiger partial charge in [0, 0.05) is 24.6 Å². The molecule has 1 aliphatic rings. The number of hydrogen-bond donors (Lipinski definition) is 0. The summed E-state index contributed by atoms with van der Waals surface area (Å²) in [6, 6.07) is 5.93. The first-order valence-corrected chi connectivity index (χ1v) is 6.90. The second-order valence-corrected chi connectivity index (χ2v) is 4.98. The smallest absolute Gasteiger partial charge is 0.228 e. The molecular formula is C15H18N4O2. The zero-order valence-electron chi connectivity index (χ0n) is 12.2. The van der Waals surface area contributed by atoms with Crippen molar-refractivity contribution in [2.75, 3.05) is 32.2 Å². The quantitative estimate of drug-likeness (QED) is 0.855. The molecule has 0 saturated carbocycles. The first-order chi connectivity index (χ1) is 10.3. The fourth-order valence-corrected chi connectivity index (χ4v) is 2.75. The summed E-state index contributed by atoms with van der Waals surface area (Å²) in [5.74, 6) is 2.86. The van der Waals surface area contributed by atoms with Crippen LogP contribution in [0.1, 0.15) is 17.9 Å². The number of rotatable bonds is 4. The van der Waals surface area contributed by atoms with E-state index in [1.165, 1.54) is 18.2 Å². The first-order valence-electron chi connectivity index (χ1n) is 6.90. The standard InChI is InChI=1S/C15H18N4O2/c1-20-12-3-4-14(21-2)13(7-12)11-5-6-19(8-11)15-17-9-16-10-18-15/h3-4,7,9-11H,5-6,8H2,1-2H3/t11-/m1/s1. The van der Waals surface area contributed by atoms with E-state index in [-0.39, 0.29) is 0 Å². The Bertz CT molecular complexity index is 606. The number of anilines is 1. The van der Waals surface area contributed by atoms with E-state index in [2.05, 4.69) is 25.9 Å². The van der Waals surface area contributed by atoms with E-state index in [1.807, 2.05) is 12.1 Å². The van der Waals surface area contributed by atoms with Gasteiger partial charge < -0.3 is 14.4 Å². The Morgan fingerprint density at radius 3 is 2.67 bits per heavy atom. The molecule has 1 atom stereocenters. The van der Waals surface area contributed by atoms with Gasteiger partial charge in [0.05, 0.1) is 14.2 Å². The molecule has 110 valence electrons. The van der Waals surface area contributed by atoms with Crippen molar-refractivity contribution < 1.29 is 9.47 Å². The molecular weight excluding hydrogens is 268 g/mol. The largest absolute Gasteiger partial charge is 0.497 e. The molecule has 2 aromatic rings. The summed E-state index contributed by atoms with van der Waals surface area (Å²) in [5, 5.41) is 0. The second-order valence-electron chi connectivity index (χ2n) is 4.98. The van der Waals surface area contributed by atoms with Crippen LogP contribution in [-0.4, -0.2) is 42.3 Å². The van der Waals surface area contributed by atoms with E-state index in [0.29, 0.717) is 5.92 Å². The van der Waals surface area contributed by atoms with Gasteiger partial charge in [-0.2, -0.15) is 0 Å². The summed E-state index contributed by atoms with van der Waals surface area (Å²) < 4.78 is 10.8. The van der Waals surface area contributed by atoms with Gasteiger partial charge in [0.15, 0.2) is 0 Å². The van der Waals surface area contributed by atoms with Crippen molar-refractivity contribution >= 4 is 5.95 Å². The molecule has 1 aromatic carbocycles. The molecule has 2 heterocycles. The van der Waals surface area contributed by atoms with Gasteiger partial charge >= 0.3 is 0 Å². The Morgan fingerprint density at radius 1 is 1.14 bits per heavy atom. The molecule has 0 unspecified atom stereocenters. The fraction of sp³-hybridized carbons (Fsp3) is 0.400. The Kier molecular flexibility index (Phi) is 3.85. The summed E-state index contributed by atoms with van der Waals surface area (Å²) in [5.41, 5.74) is 1.17. The molecule has 1 aromatic heterocycles. The molecule has 0 N–H and O–H groups in total. The van der Waals surface area contributed by atoms with Crippen LogP contribution in [-0.2, 0) is 0 Å². The van der Waals surface area contributed by atoms with Crippen LogP contribution in [0.5, 0.6) is 11.5 Å². The van der Waals surface area contributed by atoms with Crippen molar-refractivity contribution in [3.8, 4) is 11.5 Å². The molecule has 0 bridgehead atoms. The molecule has 1 aliphatic heterocycles. The lowest BCUT2D eigenvalue weighted by Crippen LogP contribution is -2.21. The third-order valence-electron chi connectivity index (χ3n) is 3.83. The van der Waals surface area contributed by atoms with Crippen LogP contribution in [0.15, 0.2) is 30.9 Å². The predicted molar refractivity (Wildman–Crippen MR) is 78.9 cm³/mol. The van der Waals surface area contributed by atoms with Gasteiger partial charge in [0.2, 0.25) is 5.95 Å². The minimum atomic E-state index is 0.381. The molecule has 1 fully saturated rings. The van der Waals surface area contributed by atoms with Crippen LogP contribution in [0.3, 0.4) is 0 Å². The topological polar surface area (TPSA) is 60.4 Å². The lowest BCUT2D eigenvalue weighted by molar-refractivity contribution is 0.396. The van der Waals surface area contributed by atoms with Gasteiger partial charge in [-0.25, -0.2) is 15.0 Å². The maximum atomic E-state index is 5.48. The van der Waals surface area contributed by atoms with Gasteiger partial charge in [-0.3, -0.25) is 0 Å². The molecule has 21 heavy (non-hydrogen) atoms. The maximum absolute atomic E-state index is 5.48. The van der Waals surface area contributed by atoms with Crippen molar-refractivity contribution in [2.24, 2.45) is 0 Å². The normalized spacial score (nSPS) is 17.8. The Labute approximate surface area is 123 Å². The summed E-state index contributed by atoms with van der Waals surface area (Å²) in [4.78, 5) is 14.5. The minimum absolute atomic E-state index is 0.381. The summed E-state index contributed by atoms with van der Waals surface area (Å²) in [6.07, 6.45) is 4.10. The number of benzene rings is 1. The highest BCUT2D eigenvalue weighted by atomic mass is 16.5. The van der Waals surface area contributed by atoms with Crippen molar-refractivity contribution in [3.05, 3.63) is 36.4 Å². The number of ether oxygens (including phenoxy) is 2. The van der Waals surface area contributed by atoms with Crippen molar-refractivity contribution in [2.45, 2.75) is 12.3 Å². The Balaban J connectivity index is 1.83. The monoisotopic (exact) mass is 286 g/mol. The molecule has 3 rings (SSSR count). The predicted octanol–water partition coefficient (Wildman–Crippen LogP) is 1.88. The molecule has 1 saturated heterocycles. The number of nitrogens with zero attached hydrogens (tertiary/aromatic N) is 4. The molecule has 6 nitrogen and oxygen atoms in total. The van der Waals surface area contributed by atoms with E-state index in [4.69, 9.17) is 9.47 Å². The fourth-order valence-electron chi connectivity index (χ4n) is 2.75. The van der Waals surface area contributed by atoms with E-state index in [1.54, 1.807) is 14.2 Å². The van der Waals surface area contributed by atoms with E-state index in [9.17, 15) is 0 Å². The van der Waals surface area contributed by atoms with Gasteiger partial charge in [0.1, 0.15) is 24.2 Å². The number of hydrogen-bond acceptors (Lipinski definition) is 6. The highest BCUT2D eigenvalue weighted by Crippen LogP contribution is 2.36. The van der Waals surface area contributed by atoms with Crippen LogP contribution in [0, 0.1) is 0 Å². The molecule has 0 amide bonds. The lowest BCUT2D eigenvalue weighted by Gasteiger charge is -2.18. The lowest BCUT2D eigenvalue weighted by atomic mass is 9.97. The van der Waals surface area contributed by atoms with Crippen LogP contribution < -0.4 is 14.4 Å². The van der Waals surface area contributed by atoms with Crippen molar-refractivity contribution in [1.82, 2.24) is 15.0 Å². The molecule has 6 heteroatoms. The van der Waals surface area contributed by atoms with Gasteiger partial charge in [0.25, 0.3) is 0 Å². The second kappa shape index (κ2) is 5.95. The maximum Gasteiger partial charge on any atom is 0.228 e. The SMILES string of the molecule is COc1ccc(OC)c([C@@H]2CCN(c3ncncn3)C2)c1. The third-order valence-corrected chi connectivity index (χ3v) is 3.83. The van der Waals surface area contributed by atoms with E-state index in [0.717, 1.165) is 37.0 Å². The highest BCUT2D eigenvalue weighted by molar-refractivity contribution is 5.45. The number of aromatic nitrogens is 3. The van der Waals surface area contributed by atoms with Crippen LogP contribution in [0.25, 0.3) is 0 Å². The van der Waals surface area contributed by atoms with Crippen LogP contribution in [0.2, 0.25) is 0 Å². The number of methoxy groups -OCH3 is 2. The highest BCUT2D eigenvalue weighted by Gasteiger charge is 2.28. The zero-order valence-corrected chi connectivity index (χ0v) is 12.2. The Morgan fingerprint density at radius 2 is 1.95 bits per heavy atom. The van der Waals surface area contributed by atoms with Crippen molar-refractivity contribution in [1.29, 1.82) is 0 Å². The van der Waals surface area contributed by atoms with Crippen LogP contribution >= 0.6 is 0 Å². The summed E-state index contributed by atoms with van der Waals surface area (Å²) in [7, 11) is 3.38. The summed E-state index contributed by atoms with van der Waals surface area (Å²) >= 11 is 0. The zero-order chi connectivity index (χ0) is 14.7. The molecule has 0 spiro atoms. The van der Waals surface area contributed by atoms with E-state index < -0.39 is 0 Å². The minimum Gasteiger partial charge on any atom is -0.497 e. The van der Waals surface area contributed by atoms with Crippen LogP contribution in [0.4, 0.5) is 5.95 Å². The van der Waals surface area contributed by atoms with Crippen molar-refractivity contribution in [3.63, 3.8) is 0 Å². The molecule has 0 aliphatic carbocycles. The average molecular weight is 286 g/mol. The van der Waals surface area contributed by atoms with E-state index >= 15 is 0 Å². The molecule has 0 radical (unpaired) electrons.